The maximum Gasteiger partial charge on any atom is 0.328 e. The molecule has 1 unspecified atom stereocenters. The van der Waals surface area contributed by atoms with Crippen LogP contribution >= 0.6 is 11.8 Å². The molecule has 1 amide bonds. The number of nitrogens with zero attached hydrogens (tertiary/aromatic N) is 1. The molecule has 1 atom stereocenters. The summed E-state index contributed by atoms with van der Waals surface area (Å²) < 4.78 is 0. The monoisotopic (exact) mass is 305 g/mol. The topological polar surface area (TPSA) is 57.6 Å². The molecule has 21 heavy (non-hydrogen) atoms. The van der Waals surface area contributed by atoms with E-state index >= 15 is 0 Å². The van der Waals surface area contributed by atoms with Crippen molar-refractivity contribution in [1.29, 1.82) is 0 Å². The van der Waals surface area contributed by atoms with Gasteiger partial charge in [0.1, 0.15) is 0 Å². The van der Waals surface area contributed by atoms with Crippen LogP contribution in [0, 0.1) is 6.92 Å². The highest BCUT2D eigenvalue weighted by atomic mass is 32.2. The molecule has 0 saturated carbocycles. The zero-order chi connectivity index (χ0) is 15.4. The fourth-order valence-corrected chi connectivity index (χ4v) is 3.32. The Balaban J connectivity index is 2.25. The number of aliphatic carboxylic acids is 1. The van der Waals surface area contributed by atoms with E-state index in [1.54, 1.807) is 6.07 Å². The molecule has 5 heteroatoms. The Labute approximate surface area is 128 Å². The highest BCUT2D eigenvalue weighted by Crippen LogP contribution is 2.20. The van der Waals surface area contributed by atoms with Gasteiger partial charge in [-0.05, 0) is 43.2 Å². The largest absolute Gasteiger partial charge is 0.478 e. The number of amides is 1. The minimum absolute atomic E-state index is 0.0211. The zero-order valence-electron chi connectivity index (χ0n) is 12.2. The standard InChI is InChI=1S/C16H19NO3S/c1-11-3-4-14(9-13(11)5-6-15(18)19)16(20)17-7-8-21-10-12(17)2/h3-6,9,12H,7-8,10H2,1-2H3,(H,18,19)/b6-5+. The second-order valence-corrected chi connectivity index (χ2v) is 6.32. The molecule has 1 aliphatic rings. The van der Waals surface area contributed by atoms with Crippen molar-refractivity contribution in [3.05, 3.63) is 41.0 Å². The SMILES string of the molecule is Cc1ccc(C(=O)N2CCSCC2C)cc1/C=C/C(=O)O. The van der Waals surface area contributed by atoms with Crippen LogP contribution in [0.3, 0.4) is 0 Å². The Morgan fingerprint density at radius 2 is 2.19 bits per heavy atom. The van der Waals surface area contributed by atoms with E-state index in [1.165, 1.54) is 6.08 Å². The van der Waals surface area contributed by atoms with Crippen LogP contribution in [0.15, 0.2) is 24.3 Å². The molecule has 0 spiro atoms. The molecule has 4 nitrogen and oxygen atoms in total. The average Bonchev–Trinajstić information content (AvgIpc) is 2.46. The summed E-state index contributed by atoms with van der Waals surface area (Å²) in [7, 11) is 0. The Hall–Kier alpha value is -1.75. The van der Waals surface area contributed by atoms with E-state index in [0.717, 1.165) is 35.3 Å². The van der Waals surface area contributed by atoms with Crippen LogP contribution in [-0.4, -0.2) is 46.0 Å². The smallest absolute Gasteiger partial charge is 0.328 e. The first-order chi connectivity index (χ1) is 9.99. The minimum Gasteiger partial charge on any atom is -0.478 e. The highest BCUT2D eigenvalue weighted by Gasteiger charge is 2.24. The summed E-state index contributed by atoms with van der Waals surface area (Å²) in [5.41, 5.74) is 2.33. The summed E-state index contributed by atoms with van der Waals surface area (Å²) in [6.45, 7) is 4.72. The van der Waals surface area contributed by atoms with Crippen LogP contribution in [0.25, 0.3) is 6.08 Å². The van der Waals surface area contributed by atoms with Gasteiger partial charge < -0.3 is 10.0 Å². The normalized spacial score (nSPS) is 19.0. The quantitative estimate of drug-likeness (QED) is 0.872. The molecular formula is C16H19NO3S. The fraction of sp³-hybridized carbons (Fsp3) is 0.375. The molecule has 1 saturated heterocycles. The van der Waals surface area contributed by atoms with E-state index in [-0.39, 0.29) is 11.9 Å². The molecule has 2 rings (SSSR count). The summed E-state index contributed by atoms with van der Waals surface area (Å²) in [5.74, 6) is 0.956. The lowest BCUT2D eigenvalue weighted by atomic mass is 10.0. The van der Waals surface area contributed by atoms with Gasteiger partial charge in [-0.3, -0.25) is 4.79 Å². The molecule has 0 bridgehead atoms. The number of aryl methyl sites for hydroxylation is 1. The summed E-state index contributed by atoms with van der Waals surface area (Å²) >= 11 is 1.87. The van der Waals surface area contributed by atoms with Crippen molar-refractivity contribution in [2.75, 3.05) is 18.1 Å². The van der Waals surface area contributed by atoms with Crippen molar-refractivity contribution in [3.63, 3.8) is 0 Å². The van der Waals surface area contributed by atoms with Crippen LogP contribution in [0.4, 0.5) is 0 Å². The van der Waals surface area contributed by atoms with Gasteiger partial charge in [0.25, 0.3) is 5.91 Å². The van der Waals surface area contributed by atoms with Crippen molar-refractivity contribution < 1.29 is 14.7 Å². The van der Waals surface area contributed by atoms with Gasteiger partial charge in [0.2, 0.25) is 0 Å². The number of carbonyl (C=O) groups is 2. The van der Waals surface area contributed by atoms with Crippen LogP contribution in [0.2, 0.25) is 0 Å². The number of carboxylic acids is 1. The number of carboxylic acid groups (broad SMARTS) is 1. The van der Waals surface area contributed by atoms with Gasteiger partial charge >= 0.3 is 5.97 Å². The molecule has 0 aliphatic carbocycles. The van der Waals surface area contributed by atoms with Gasteiger partial charge in [0.05, 0.1) is 0 Å². The molecule has 1 heterocycles. The summed E-state index contributed by atoms with van der Waals surface area (Å²) in [4.78, 5) is 25.1. The fourth-order valence-electron chi connectivity index (χ4n) is 2.31. The molecule has 1 N–H and O–H groups in total. The third-order valence-electron chi connectivity index (χ3n) is 3.56. The molecule has 1 aromatic rings. The average molecular weight is 305 g/mol. The van der Waals surface area contributed by atoms with E-state index < -0.39 is 5.97 Å². The van der Waals surface area contributed by atoms with Gasteiger partial charge in [-0.15, -0.1) is 0 Å². The first kappa shape index (κ1) is 15.6. The lowest BCUT2D eigenvalue weighted by Gasteiger charge is -2.33. The minimum atomic E-state index is -0.993. The molecule has 1 aromatic carbocycles. The number of hydrogen-bond donors (Lipinski definition) is 1. The summed E-state index contributed by atoms with van der Waals surface area (Å²) in [6, 6.07) is 5.67. The summed E-state index contributed by atoms with van der Waals surface area (Å²) in [5, 5.41) is 8.72. The second kappa shape index (κ2) is 6.80. The van der Waals surface area contributed by atoms with E-state index in [9.17, 15) is 9.59 Å². The van der Waals surface area contributed by atoms with Crippen LogP contribution in [0.5, 0.6) is 0 Å². The number of benzene rings is 1. The lowest BCUT2D eigenvalue weighted by molar-refractivity contribution is -0.131. The first-order valence-electron chi connectivity index (χ1n) is 6.89. The van der Waals surface area contributed by atoms with Gasteiger partial charge in [0, 0.05) is 35.7 Å². The molecule has 1 aliphatic heterocycles. The number of carbonyl (C=O) groups excluding carboxylic acids is 1. The summed E-state index contributed by atoms with van der Waals surface area (Å²) in [6.07, 6.45) is 2.63. The molecular weight excluding hydrogens is 286 g/mol. The van der Waals surface area contributed by atoms with Crippen molar-refractivity contribution in [1.82, 2.24) is 4.90 Å². The number of hydrogen-bond acceptors (Lipinski definition) is 3. The van der Waals surface area contributed by atoms with Gasteiger partial charge in [0.15, 0.2) is 0 Å². The number of thioether (sulfide) groups is 1. The Morgan fingerprint density at radius 1 is 1.43 bits per heavy atom. The van der Waals surface area contributed by atoms with E-state index in [1.807, 2.05) is 35.7 Å². The van der Waals surface area contributed by atoms with E-state index in [4.69, 9.17) is 5.11 Å². The van der Waals surface area contributed by atoms with Crippen LogP contribution in [-0.2, 0) is 4.79 Å². The Kier molecular flexibility index (Phi) is 5.07. The first-order valence-corrected chi connectivity index (χ1v) is 8.05. The third-order valence-corrected chi connectivity index (χ3v) is 4.75. The Morgan fingerprint density at radius 3 is 2.86 bits per heavy atom. The van der Waals surface area contributed by atoms with E-state index in [0.29, 0.717) is 5.56 Å². The molecule has 0 aromatic heterocycles. The van der Waals surface area contributed by atoms with Crippen molar-refractivity contribution in [3.8, 4) is 0 Å². The molecule has 0 radical (unpaired) electrons. The maximum absolute atomic E-state index is 12.6. The van der Waals surface area contributed by atoms with Crippen LogP contribution in [0.1, 0.15) is 28.4 Å². The predicted molar refractivity (Wildman–Crippen MR) is 85.7 cm³/mol. The van der Waals surface area contributed by atoms with Crippen molar-refractivity contribution in [2.24, 2.45) is 0 Å². The predicted octanol–water partition coefficient (Wildman–Crippen LogP) is 2.67. The Bertz CT molecular complexity index is 583. The van der Waals surface area contributed by atoms with Gasteiger partial charge in [-0.2, -0.15) is 11.8 Å². The van der Waals surface area contributed by atoms with Crippen molar-refractivity contribution in [2.45, 2.75) is 19.9 Å². The van der Waals surface area contributed by atoms with Crippen molar-refractivity contribution >= 4 is 29.7 Å². The highest BCUT2D eigenvalue weighted by molar-refractivity contribution is 7.99. The van der Waals surface area contributed by atoms with Gasteiger partial charge in [-0.1, -0.05) is 6.07 Å². The zero-order valence-corrected chi connectivity index (χ0v) is 13.0. The maximum atomic E-state index is 12.6. The third kappa shape index (κ3) is 3.88. The number of rotatable bonds is 3. The second-order valence-electron chi connectivity index (χ2n) is 5.17. The van der Waals surface area contributed by atoms with E-state index in [2.05, 4.69) is 6.92 Å². The molecule has 112 valence electrons. The molecule has 1 fully saturated rings. The van der Waals surface area contributed by atoms with Crippen LogP contribution < -0.4 is 0 Å². The lowest BCUT2D eigenvalue weighted by Crippen LogP contribution is -2.44. The van der Waals surface area contributed by atoms with Gasteiger partial charge in [-0.25, -0.2) is 4.79 Å².